The lowest BCUT2D eigenvalue weighted by atomic mass is 10.2. The van der Waals surface area contributed by atoms with Gasteiger partial charge >= 0.3 is 5.91 Å². The smallest absolute Gasteiger partial charge is 0.393 e. The van der Waals surface area contributed by atoms with Gasteiger partial charge in [0.15, 0.2) is 6.04 Å². The maximum atomic E-state index is 11.1. The second kappa shape index (κ2) is 5.82. The number of hydrogen-bond acceptors (Lipinski definition) is 3. The van der Waals surface area contributed by atoms with Crippen LogP contribution in [0, 0.1) is 0 Å². The zero-order chi connectivity index (χ0) is 11.1. The van der Waals surface area contributed by atoms with E-state index in [1.807, 2.05) is 30.3 Å². The van der Waals surface area contributed by atoms with Crippen molar-refractivity contribution in [3.8, 4) is 0 Å². The Morgan fingerprint density at radius 1 is 1.53 bits per heavy atom. The van der Waals surface area contributed by atoms with E-state index in [0.717, 1.165) is 5.56 Å². The molecule has 1 atom stereocenters. The van der Waals surface area contributed by atoms with Crippen molar-refractivity contribution >= 4 is 18.8 Å². The molecule has 1 unspecified atom stereocenters. The molecule has 0 radical (unpaired) electrons. The molecule has 0 saturated carbocycles. The molecule has 4 heteroatoms. The van der Waals surface area contributed by atoms with Crippen LogP contribution in [0.2, 0.25) is 0 Å². The Hall–Kier alpha value is -1.81. The summed E-state index contributed by atoms with van der Waals surface area (Å²) in [7, 11) is 0. The van der Waals surface area contributed by atoms with Crippen LogP contribution in [0.5, 0.6) is 0 Å². The Kier molecular flexibility index (Phi) is 4.37. The van der Waals surface area contributed by atoms with Gasteiger partial charge in [-0.15, -0.1) is 0 Å². The maximum absolute atomic E-state index is 11.1. The number of aliphatic imine (C=N–C) groups is 1. The Bertz CT molecular complexity index is 360. The number of benzene rings is 1. The van der Waals surface area contributed by atoms with Gasteiger partial charge in [0.25, 0.3) is 0 Å². The molecule has 1 amide bonds. The van der Waals surface area contributed by atoms with Crippen molar-refractivity contribution < 1.29 is 14.9 Å². The molecule has 1 rings (SSSR count). The lowest BCUT2D eigenvalue weighted by Crippen LogP contribution is -2.74. The van der Waals surface area contributed by atoms with Gasteiger partial charge in [0, 0.05) is 6.21 Å². The molecule has 0 aromatic heterocycles. The van der Waals surface area contributed by atoms with Crippen molar-refractivity contribution in [1.82, 2.24) is 0 Å². The van der Waals surface area contributed by atoms with Crippen LogP contribution in [0.25, 0.3) is 0 Å². The predicted molar refractivity (Wildman–Crippen MR) is 58.0 cm³/mol. The molecule has 2 N–H and O–H groups in total. The van der Waals surface area contributed by atoms with Gasteiger partial charge in [0.2, 0.25) is 0 Å². The lowest BCUT2D eigenvalue weighted by Gasteiger charge is -1.99. The van der Waals surface area contributed by atoms with Crippen molar-refractivity contribution in [3.05, 3.63) is 35.9 Å². The minimum Gasteiger partial charge on any atom is -0.393 e. The molecule has 4 nitrogen and oxygen atoms in total. The summed E-state index contributed by atoms with van der Waals surface area (Å²) < 4.78 is 0. The molecule has 1 aromatic rings. The number of amides is 1. The third kappa shape index (κ3) is 3.44. The second-order valence-corrected chi connectivity index (χ2v) is 2.93. The number of carbonyl (C=O) groups excluding carboxylic acids is 1. The Labute approximate surface area is 88.0 Å². The molecule has 0 spiro atoms. The lowest BCUT2D eigenvalue weighted by molar-refractivity contribution is -0.370. The second-order valence-electron chi connectivity index (χ2n) is 2.93. The fourth-order valence-corrected chi connectivity index (χ4v) is 1.03. The zero-order valence-electron chi connectivity index (χ0n) is 8.26. The predicted octanol–water partition coefficient (Wildman–Crippen LogP) is -1.23. The van der Waals surface area contributed by atoms with Gasteiger partial charge in [-0.25, -0.2) is 4.79 Å². The summed E-state index contributed by atoms with van der Waals surface area (Å²) in [5, 5.41) is 8.90. The van der Waals surface area contributed by atoms with Gasteiger partial charge < -0.3 is 5.11 Å². The molecule has 0 saturated heterocycles. The topological polar surface area (TPSA) is 63.6 Å². The molecule has 78 valence electrons. The van der Waals surface area contributed by atoms with E-state index in [-0.39, 0.29) is 6.61 Å². The highest BCUT2D eigenvalue weighted by molar-refractivity contribution is 5.83. The molecule has 0 aliphatic heterocycles. The molecular weight excluding hydrogens is 192 g/mol. The highest BCUT2D eigenvalue weighted by atomic mass is 16.3. The van der Waals surface area contributed by atoms with E-state index in [4.69, 9.17) is 5.11 Å². The minimum atomic E-state index is -0.789. The molecule has 1 aromatic carbocycles. The maximum Gasteiger partial charge on any atom is 0.411 e. The number of nitrogens with one attached hydrogen (secondary N) is 1. The van der Waals surface area contributed by atoms with Crippen LogP contribution in [0.1, 0.15) is 5.56 Å². The molecule has 0 fully saturated rings. The zero-order valence-corrected chi connectivity index (χ0v) is 8.26. The fourth-order valence-electron chi connectivity index (χ4n) is 1.03. The van der Waals surface area contributed by atoms with Crippen molar-refractivity contribution in [2.75, 3.05) is 6.61 Å². The van der Waals surface area contributed by atoms with Gasteiger partial charge in [-0.05, 0) is 5.56 Å². The number of aliphatic hydroxyl groups excluding tert-OH is 1. The molecule has 15 heavy (non-hydrogen) atoms. The van der Waals surface area contributed by atoms with Crippen molar-refractivity contribution in [2.45, 2.75) is 6.04 Å². The van der Waals surface area contributed by atoms with Gasteiger partial charge in [-0.2, -0.15) is 4.99 Å². The quantitative estimate of drug-likeness (QED) is 0.605. The summed E-state index contributed by atoms with van der Waals surface area (Å²) in [6.07, 6.45) is 1.55. The van der Waals surface area contributed by atoms with E-state index in [1.54, 1.807) is 6.21 Å². The third-order valence-electron chi connectivity index (χ3n) is 1.85. The summed E-state index contributed by atoms with van der Waals surface area (Å²) in [5.74, 6) is -0.398. The van der Waals surface area contributed by atoms with Crippen molar-refractivity contribution in [2.24, 2.45) is 4.99 Å². The van der Waals surface area contributed by atoms with Crippen LogP contribution in [0.4, 0.5) is 0 Å². The van der Waals surface area contributed by atoms with E-state index in [2.05, 4.69) is 16.7 Å². The Morgan fingerprint density at radius 2 is 2.20 bits per heavy atom. The SMILES string of the molecule is C=[NH+]C(=O)C(CO)N=Cc1ccccc1. The monoisotopic (exact) mass is 205 g/mol. The molecular formula is C11H13N2O2+. The van der Waals surface area contributed by atoms with E-state index in [1.165, 1.54) is 0 Å². The molecule has 0 aliphatic carbocycles. The van der Waals surface area contributed by atoms with Crippen LogP contribution in [0.3, 0.4) is 0 Å². The van der Waals surface area contributed by atoms with Crippen LogP contribution in [0.15, 0.2) is 35.3 Å². The van der Waals surface area contributed by atoms with Gasteiger partial charge in [0.05, 0.1) is 6.61 Å². The first-order valence-electron chi connectivity index (χ1n) is 4.54. The average molecular weight is 205 g/mol. The summed E-state index contributed by atoms with van der Waals surface area (Å²) >= 11 is 0. The third-order valence-corrected chi connectivity index (χ3v) is 1.85. The number of rotatable bonds is 4. The number of hydrogen-bond donors (Lipinski definition) is 2. The van der Waals surface area contributed by atoms with Crippen molar-refractivity contribution in [1.29, 1.82) is 0 Å². The number of nitrogens with zero attached hydrogens (tertiary/aromatic N) is 1. The standard InChI is InChI=1S/C11H12N2O2/c1-12-11(15)10(8-14)13-7-9-5-3-2-4-6-9/h2-7,10,14H,1,8H2/p+1. The summed E-state index contributed by atoms with van der Waals surface area (Å²) in [5.41, 5.74) is 0.882. The van der Waals surface area contributed by atoms with E-state index >= 15 is 0 Å². The Morgan fingerprint density at radius 3 is 2.73 bits per heavy atom. The Balaban J connectivity index is 2.71. The van der Waals surface area contributed by atoms with Gasteiger partial charge in [0.1, 0.15) is 6.72 Å². The van der Waals surface area contributed by atoms with Gasteiger partial charge in [-0.3, -0.25) is 4.99 Å². The van der Waals surface area contributed by atoms with Crippen LogP contribution in [-0.4, -0.2) is 36.6 Å². The van der Waals surface area contributed by atoms with Crippen LogP contribution < -0.4 is 4.99 Å². The first-order chi connectivity index (χ1) is 7.27. The van der Waals surface area contributed by atoms with Gasteiger partial charge in [-0.1, -0.05) is 30.3 Å². The normalized spacial score (nSPS) is 12.6. The first kappa shape index (κ1) is 11.3. The fraction of sp³-hybridized carbons (Fsp3) is 0.182. The van der Waals surface area contributed by atoms with Crippen LogP contribution >= 0.6 is 0 Å². The van der Waals surface area contributed by atoms with E-state index < -0.39 is 11.9 Å². The van der Waals surface area contributed by atoms with Crippen molar-refractivity contribution in [3.63, 3.8) is 0 Å². The minimum absolute atomic E-state index is 0.329. The summed E-state index contributed by atoms with van der Waals surface area (Å²) in [4.78, 5) is 17.3. The van der Waals surface area contributed by atoms with Crippen LogP contribution in [-0.2, 0) is 4.79 Å². The van der Waals surface area contributed by atoms with E-state index in [0.29, 0.717) is 0 Å². The molecule has 0 bridgehead atoms. The molecule has 0 heterocycles. The summed E-state index contributed by atoms with van der Waals surface area (Å²) in [6, 6.07) is 8.57. The largest absolute Gasteiger partial charge is 0.411 e. The highest BCUT2D eigenvalue weighted by Crippen LogP contribution is 1.95. The summed E-state index contributed by atoms with van der Waals surface area (Å²) in [6.45, 7) is 2.90. The number of carbonyl (C=O) groups is 1. The molecule has 0 aliphatic rings. The number of aliphatic hydroxyl groups is 1. The average Bonchev–Trinajstić information content (AvgIpc) is 2.31. The van der Waals surface area contributed by atoms with E-state index in [9.17, 15) is 4.79 Å². The first-order valence-corrected chi connectivity index (χ1v) is 4.54. The highest BCUT2D eigenvalue weighted by Gasteiger charge is 2.18.